The van der Waals surface area contributed by atoms with Crippen LogP contribution in [0.4, 0.5) is 5.69 Å². The zero-order chi connectivity index (χ0) is 13.4. The Morgan fingerprint density at radius 1 is 1.16 bits per heavy atom. The fourth-order valence-corrected chi connectivity index (χ4v) is 3.40. The molecule has 2 nitrogen and oxygen atoms in total. The van der Waals surface area contributed by atoms with Crippen LogP contribution in [-0.4, -0.2) is 5.91 Å². The van der Waals surface area contributed by atoms with Gasteiger partial charge in [-0.25, -0.2) is 0 Å². The fourth-order valence-electron chi connectivity index (χ4n) is 2.26. The molecule has 0 bridgehead atoms. The van der Waals surface area contributed by atoms with Crippen LogP contribution < -0.4 is 5.32 Å². The van der Waals surface area contributed by atoms with Gasteiger partial charge in [-0.1, -0.05) is 40.2 Å². The van der Waals surface area contributed by atoms with Crippen LogP contribution in [0.15, 0.2) is 42.5 Å². The maximum atomic E-state index is 11.4. The van der Waals surface area contributed by atoms with E-state index in [1.807, 2.05) is 6.07 Å². The Labute approximate surface area is 133 Å². The van der Waals surface area contributed by atoms with Gasteiger partial charge >= 0.3 is 0 Å². The molecule has 0 aliphatic carbocycles. The van der Waals surface area contributed by atoms with Gasteiger partial charge in [-0.05, 0) is 57.5 Å². The average molecular weight is 428 g/mol. The van der Waals surface area contributed by atoms with E-state index in [1.165, 1.54) is 14.7 Å². The molecular weight excluding hydrogens is 417 g/mol. The highest BCUT2D eigenvalue weighted by Gasteiger charge is 2.19. The number of hydrogen-bond donors (Lipinski definition) is 1. The SMILES string of the molecule is O=C1Cc2cc(C(Br)c3cccc(I)c3)ccc2N1. The maximum absolute atomic E-state index is 11.4. The first-order chi connectivity index (χ1) is 9.13. The van der Waals surface area contributed by atoms with Gasteiger partial charge in [0.25, 0.3) is 0 Å². The van der Waals surface area contributed by atoms with Gasteiger partial charge in [-0.15, -0.1) is 0 Å². The van der Waals surface area contributed by atoms with Crippen molar-refractivity contribution in [1.82, 2.24) is 0 Å². The summed E-state index contributed by atoms with van der Waals surface area (Å²) in [6.07, 6.45) is 0.481. The molecule has 1 heterocycles. The second kappa shape index (κ2) is 5.25. The van der Waals surface area contributed by atoms with Crippen molar-refractivity contribution in [2.45, 2.75) is 11.2 Å². The van der Waals surface area contributed by atoms with Crippen LogP contribution in [0.5, 0.6) is 0 Å². The topological polar surface area (TPSA) is 29.1 Å². The van der Waals surface area contributed by atoms with E-state index < -0.39 is 0 Å². The standard InChI is InChI=1S/C15H11BrINO/c16-15(9-2-1-3-12(17)7-9)10-4-5-13-11(6-10)8-14(19)18-13/h1-7,15H,8H2,(H,18,19). The lowest BCUT2D eigenvalue weighted by Gasteiger charge is -2.12. The molecule has 0 saturated carbocycles. The van der Waals surface area contributed by atoms with Crippen molar-refractivity contribution in [1.29, 1.82) is 0 Å². The van der Waals surface area contributed by atoms with E-state index in [0.29, 0.717) is 6.42 Å². The van der Waals surface area contributed by atoms with Gasteiger partial charge in [0.15, 0.2) is 0 Å². The van der Waals surface area contributed by atoms with Crippen LogP contribution in [0.3, 0.4) is 0 Å². The van der Waals surface area contributed by atoms with Crippen molar-refractivity contribution in [3.63, 3.8) is 0 Å². The number of alkyl halides is 1. The third-order valence-corrected chi connectivity index (χ3v) is 4.92. The average Bonchev–Trinajstić information content (AvgIpc) is 2.76. The lowest BCUT2D eigenvalue weighted by molar-refractivity contribution is -0.115. The number of amides is 1. The Morgan fingerprint density at radius 2 is 1.95 bits per heavy atom. The van der Waals surface area contributed by atoms with Crippen molar-refractivity contribution in [2.75, 3.05) is 5.32 Å². The molecule has 1 atom stereocenters. The monoisotopic (exact) mass is 427 g/mol. The first-order valence-electron chi connectivity index (χ1n) is 5.96. The van der Waals surface area contributed by atoms with E-state index in [9.17, 15) is 4.79 Å². The third kappa shape index (κ3) is 2.69. The normalized spacial score (nSPS) is 14.9. The summed E-state index contributed by atoms with van der Waals surface area (Å²) in [6, 6.07) is 14.6. The minimum absolute atomic E-state index is 0.0764. The Balaban J connectivity index is 1.95. The Bertz CT molecular complexity index is 656. The number of halogens is 2. The lowest BCUT2D eigenvalue weighted by Crippen LogP contribution is -2.03. The van der Waals surface area contributed by atoms with Gasteiger partial charge in [0.1, 0.15) is 0 Å². The molecule has 1 amide bonds. The van der Waals surface area contributed by atoms with E-state index in [1.54, 1.807) is 0 Å². The van der Waals surface area contributed by atoms with Gasteiger partial charge in [0.2, 0.25) is 5.91 Å². The van der Waals surface area contributed by atoms with Crippen LogP contribution in [0, 0.1) is 3.57 Å². The highest BCUT2D eigenvalue weighted by atomic mass is 127. The predicted octanol–water partition coefficient (Wildman–Crippen LogP) is 4.27. The van der Waals surface area contributed by atoms with E-state index >= 15 is 0 Å². The van der Waals surface area contributed by atoms with Gasteiger partial charge < -0.3 is 5.32 Å². The van der Waals surface area contributed by atoms with Crippen molar-refractivity contribution in [3.8, 4) is 0 Å². The number of hydrogen-bond acceptors (Lipinski definition) is 1. The van der Waals surface area contributed by atoms with E-state index in [4.69, 9.17) is 0 Å². The summed E-state index contributed by atoms with van der Waals surface area (Å²) >= 11 is 6.06. The first kappa shape index (κ1) is 13.1. The summed E-state index contributed by atoms with van der Waals surface area (Å²) in [7, 11) is 0. The fraction of sp³-hybridized carbons (Fsp3) is 0.133. The Kier molecular flexibility index (Phi) is 3.62. The van der Waals surface area contributed by atoms with Crippen LogP contribution in [0.25, 0.3) is 0 Å². The Morgan fingerprint density at radius 3 is 2.74 bits per heavy atom. The summed E-state index contributed by atoms with van der Waals surface area (Å²) in [5.74, 6) is 0.0764. The molecule has 1 aliphatic rings. The van der Waals surface area contributed by atoms with Crippen LogP contribution in [0.2, 0.25) is 0 Å². The molecule has 1 N–H and O–H groups in total. The molecule has 2 aromatic rings. The highest BCUT2D eigenvalue weighted by Crippen LogP contribution is 2.34. The molecule has 0 spiro atoms. The minimum Gasteiger partial charge on any atom is -0.326 e. The summed E-state index contributed by atoms with van der Waals surface area (Å²) in [5.41, 5.74) is 4.43. The zero-order valence-corrected chi connectivity index (χ0v) is 13.7. The van der Waals surface area contributed by atoms with Crippen LogP contribution in [-0.2, 0) is 11.2 Å². The molecule has 3 rings (SSSR count). The number of benzene rings is 2. The molecule has 1 unspecified atom stereocenters. The van der Waals surface area contributed by atoms with Crippen molar-refractivity contribution in [2.24, 2.45) is 0 Å². The molecule has 0 radical (unpaired) electrons. The van der Waals surface area contributed by atoms with Crippen LogP contribution >= 0.6 is 38.5 Å². The summed E-state index contributed by atoms with van der Waals surface area (Å²) < 4.78 is 1.22. The number of nitrogens with one attached hydrogen (secondary N) is 1. The van der Waals surface area contributed by atoms with E-state index in [2.05, 4.69) is 80.2 Å². The number of fused-ring (bicyclic) bond motifs is 1. The minimum atomic E-state index is 0.0764. The number of carbonyl (C=O) groups excluding carboxylic acids is 1. The molecule has 4 heteroatoms. The van der Waals surface area contributed by atoms with Gasteiger partial charge in [-0.2, -0.15) is 0 Å². The summed E-state index contributed by atoms with van der Waals surface area (Å²) in [6.45, 7) is 0. The smallest absolute Gasteiger partial charge is 0.228 e. The summed E-state index contributed by atoms with van der Waals surface area (Å²) in [4.78, 5) is 11.5. The largest absolute Gasteiger partial charge is 0.326 e. The molecule has 96 valence electrons. The molecule has 19 heavy (non-hydrogen) atoms. The molecule has 0 aromatic heterocycles. The lowest BCUT2D eigenvalue weighted by atomic mass is 10.0. The molecule has 1 aliphatic heterocycles. The highest BCUT2D eigenvalue weighted by molar-refractivity contribution is 14.1. The molecule has 0 fully saturated rings. The molecule has 2 aromatic carbocycles. The quantitative estimate of drug-likeness (QED) is 0.562. The van der Waals surface area contributed by atoms with Crippen molar-refractivity contribution < 1.29 is 4.79 Å². The second-order valence-electron chi connectivity index (χ2n) is 4.56. The van der Waals surface area contributed by atoms with Gasteiger partial charge in [-0.3, -0.25) is 4.79 Å². The predicted molar refractivity (Wildman–Crippen MR) is 88.7 cm³/mol. The van der Waals surface area contributed by atoms with E-state index in [0.717, 1.165) is 11.3 Å². The second-order valence-corrected chi connectivity index (χ2v) is 6.72. The third-order valence-electron chi connectivity index (χ3n) is 3.19. The van der Waals surface area contributed by atoms with Crippen LogP contribution in [0.1, 0.15) is 21.5 Å². The molecule has 0 saturated heterocycles. The zero-order valence-electron chi connectivity index (χ0n) is 9.99. The van der Waals surface area contributed by atoms with Gasteiger partial charge in [0, 0.05) is 9.26 Å². The molecular formula is C15H11BrINO. The first-order valence-corrected chi connectivity index (χ1v) is 7.95. The summed E-state index contributed by atoms with van der Waals surface area (Å²) in [5, 5.41) is 2.86. The number of carbonyl (C=O) groups is 1. The van der Waals surface area contributed by atoms with E-state index in [-0.39, 0.29) is 10.7 Å². The number of rotatable bonds is 2. The van der Waals surface area contributed by atoms with Crippen molar-refractivity contribution in [3.05, 3.63) is 62.7 Å². The Hall–Kier alpha value is -0.880. The van der Waals surface area contributed by atoms with Crippen molar-refractivity contribution >= 4 is 50.1 Å². The maximum Gasteiger partial charge on any atom is 0.228 e. The van der Waals surface area contributed by atoms with Gasteiger partial charge in [0.05, 0.1) is 11.2 Å². The number of anilines is 1.